The monoisotopic (exact) mass is 167 g/mol. The first-order valence-corrected chi connectivity index (χ1v) is 3.96. The number of nitrogens with one attached hydrogen (secondary N) is 1. The first-order chi connectivity index (χ1) is 5.74. The summed E-state index contributed by atoms with van der Waals surface area (Å²) in [6, 6.07) is 0. The maximum Gasteiger partial charge on any atom is 0.225 e. The van der Waals surface area contributed by atoms with Crippen LogP contribution < -0.4 is 5.32 Å². The number of aryl methyl sites for hydroxylation is 1. The van der Waals surface area contributed by atoms with E-state index in [1.807, 2.05) is 18.5 Å². The molecule has 0 fully saturated rings. The zero-order valence-electron chi connectivity index (χ0n) is 7.37. The Morgan fingerprint density at radius 3 is 3.00 bits per heavy atom. The van der Waals surface area contributed by atoms with Crippen molar-refractivity contribution in [3.63, 3.8) is 0 Å². The molecule has 0 unspecified atom stereocenters. The van der Waals surface area contributed by atoms with Gasteiger partial charge < -0.3 is 9.88 Å². The second-order valence-corrected chi connectivity index (χ2v) is 2.63. The average Bonchev–Trinajstić information content (AvgIpc) is 2.37. The molecule has 1 N–H and O–H groups in total. The maximum absolute atomic E-state index is 11.1. The molecule has 12 heavy (non-hydrogen) atoms. The summed E-state index contributed by atoms with van der Waals surface area (Å²) in [5.41, 5.74) is 0.931. The molecule has 0 spiro atoms. The Morgan fingerprint density at radius 1 is 1.75 bits per heavy atom. The van der Waals surface area contributed by atoms with Crippen LogP contribution in [0.4, 0.5) is 0 Å². The van der Waals surface area contributed by atoms with Crippen molar-refractivity contribution in [1.82, 2.24) is 14.9 Å². The lowest BCUT2D eigenvalue weighted by molar-refractivity contribution is -0.120. The molecule has 1 aromatic heterocycles. The van der Waals surface area contributed by atoms with Crippen molar-refractivity contribution in [2.45, 2.75) is 13.3 Å². The quantitative estimate of drug-likeness (QED) is 0.694. The highest BCUT2D eigenvalue weighted by molar-refractivity contribution is 5.77. The Balaban J connectivity index is 2.52. The molecule has 0 radical (unpaired) electrons. The van der Waals surface area contributed by atoms with E-state index in [1.54, 1.807) is 12.5 Å². The van der Waals surface area contributed by atoms with E-state index in [-0.39, 0.29) is 5.91 Å². The number of rotatable bonds is 3. The average molecular weight is 167 g/mol. The summed E-state index contributed by atoms with van der Waals surface area (Å²) >= 11 is 0. The normalized spacial score (nSPS) is 9.83. The Hall–Kier alpha value is -1.32. The molecule has 0 saturated carbocycles. The Kier molecular flexibility index (Phi) is 2.85. The number of carbonyl (C=O) groups excluding carboxylic acids is 1. The molecule has 1 aromatic rings. The first kappa shape index (κ1) is 8.77. The molecule has 0 aliphatic rings. The van der Waals surface area contributed by atoms with Gasteiger partial charge in [0.2, 0.25) is 5.91 Å². The third-order valence-electron chi connectivity index (χ3n) is 1.63. The van der Waals surface area contributed by atoms with E-state index in [1.165, 1.54) is 0 Å². The van der Waals surface area contributed by atoms with Crippen molar-refractivity contribution < 1.29 is 4.79 Å². The predicted molar refractivity (Wildman–Crippen MR) is 45.6 cm³/mol. The van der Waals surface area contributed by atoms with Crippen molar-refractivity contribution in [3.8, 4) is 0 Å². The van der Waals surface area contributed by atoms with Gasteiger partial charge in [0.25, 0.3) is 0 Å². The largest absolute Gasteiger partial charge is 0.356 e. The van der Waals surface area contributed by atoms with Crippen LogP contribution in [0.2, 0.25) is 0 Å². The van der Waals surface area contributed by atoms with Gasteiger partial charge in [-0.3, -0.25) is 4.79 Å². The number of hydrogen-bond donors (Lipinski definition) is 1. The zero-order chi connectivity index (χ0) is 8.97. The fourth-order valence-corrected chi connectivity index (χ4v) is 0.979. The highest BCUT2D eigenvalue weighted by Crippen LogP contribution is 1.96. The van der Waals surface area contributed by atoms with Gasteiger partial charge in [-0.05, 0) is 6.92 Å². The van der Waals surface area contributed by atoms with Crippen LogP contribution in [0.1, 0.15) is 12.6 Å². The summed E-state index contributed by atoms with van der Waals surface area (Å²) < 4.78 is 1.84. The van der Waals surface area contributed by atoms with Crippen LogP contribution in [0.3, 0.4) is 0 Å². The molecular formula is C8H13N3O. The SMILES string of the molecule is CCNC(=O)Cc1cncn1C. The standard InChI is InChI=1S/C8H13N3O/c1-3-10-8(12)4-7-5-9-6-11(7)2/h5-6H,3-4H2,1-2H3,(H,10,12). The Bertz CT molecular complexity index is 267. The molecular weight excluding hydrogens is 154 g/mol. The van der Waals surface area contributed by atoms with Crippen LogP contribution >= 0.6 is 0 Å². The molecule has 66 valence electrons. The molecule has 1 rings (SSSR count). The van der Waals surface area contributed by atoms with Crippen LogP contribution in [0.5, 0.6) is 0 Å². The number of amides is 1. The minimum atomic E-state index is 0.0427. The molecule has 1 heterocycles. The molecule has 0 aliphatic carbocycles. The van der Waals surface area contributed by atoms with Crippen molar-refractivity contribution in [3.05, 3.63) is 18.2 Å². The van der Waals surface area contributed by atoms with Crippen molar-refractivity contribution in [2.75, 3.05) is 6.54 Å². The molecule has 0 aromatic carbocycles. The van der Waals surface area contributed by atoms with Gasteiger partial charge in [0.1, 0.15) is 0 Å². The van der Waals surface area contributed by atoms with Gasteiger partial charge in [0.15, 0.2) is 0 Å². The third kappa shape index (κ3) is 2.08. The van der Waals surface area contributed by atoms with E-state index in [4.69, 9.17) is 0 Å². The maximum atomic E-state index is 11.1. The summed E-state index contributed by atoms with van der Waals surface area (Å²) in [5.74, 6) is 0.0427. The zero-order valence-corrected chi connectivity index (χ0v) is 7.37. The van der Waals surface area contributed by atoms with Gasteiger partial charge in [-0.25, -0.2) is 4.98 Å². The molecule has 0 bridgehead atoms. The lowest BCUT2D eigenvalue weighted by Gasteiger charge is -2.01. The number of carbonyl (C=O) groups is 1. The van der Waals surface area contributed by atoms with E-state index in [2.05, 4.69) is 10.3 Å². The highest BCUT2D eigenvalue weighted by atomic mass is 16.1. The molecule has 1 amide bonds. The van der Waals surface area contributed by atoms with Crippen LogP contribution in [0.15, 0.2) is 12.5 Å². The van der Waals surface area contributed by atoms with Gasteiger partial charge in [-0.15, -0.1) is 0 Å². The minimum Gasteiger partial charge on any atom is -0.356 e. The van der Waals surface area contributed by atoms with Crippen molar-refractivity contribution in [2.24, 2.45) is 7.05 Å². The lowest BCUT2D eigenvalue weighted by Crippen LogP contribution is -2.25. The summed E-state index contributed by atoms with van der Waals surface area (Å²) in [7, 11) is 1.88. The van der Waals surface area contributed by atoms with Gasteiger partial charge in [0, 0.05) is 25.5 Å². The highest BCUT2D eigenvalue weighted by Gasteiger charge is 2.04. The molecule has 0 aliphatic heterocycles. The molecule has 4 heteroatoms. The summed E-state index contributed by atoms with van der Waals surface area (Å²) in [6.07, 6.45) is 3.80. The predicted octanol–water partition coefficient (Wildman–Crippen LogP) is 0.0987. The van der Waals surface area contributed by atoms with E-state index < -0.39 is 0 Å². The Morgan fingerprint density at radius 2 is 2.50 bits per heavy atom. The Labute approximate surface area is 71.6 Å². The first-order valence-electron chi connectivity index (χ1n) is 3.96. The number of likely N-dealkylation sites (N-methyl/N-ethyl adjacent to an activating group) is 1. The van der Waals surface area contributed by atoms with Gasteiger partial charge in [0.05, 0.1) is 12.7 Å². The van der Waals surface area contributed by atoms with Crippen LogP contribution in [-0.2, 0) is 18.3 Å². The summed E-state index contributed by atoms with van der Waals surface area (Å²) in [4.78, 5) is 15.0. The fraction of sp³-hybridized carbons (Fsp3) is 0.500. The van der Waals surface area contributed by atoms with Crippen molar-refractivity contribution in [1.29, 1.82) is 0 Å². The van der Waals surface area contributed by atoms with Crippen LogP contribution in [-0.4, -0.2) is 22.0 Å². The van der Waals surface area contributed by atoms with Gasteiger partial charge >= 0.3 is 0 Å². The van der Waals surface area contributed by atoms with E-state index in [9.17, 15) is 4.79 Å². The molecule has 0 saturated heterocycles. The minimum absolute atomic E-state index is 0.0427. The fourth-order valence-electron chi connectivity index (χ4n) is 0.979. The second-order valence-electron chi connectivity index (χ2n) is 2.63. The molecule has 0 atom stereocenters. The van der Waals surface area contributed by atoms with Crippen molar-refractivity contribution >= 4 is 5.91 Å². The van der Waals surface area contributed by atoms with Crippen LogP contribution in [0, 0.1) is 0 Å². The third-order valence-corrected chi connectivity index (χ3v) is 1.63. The van der Waals surface area contributed by atoms with E-state index in [0.717, 1.165) is 5.69 Å². The number of hydrogen-bond acceptors (Lipinski definition) is 2. The van der Waals surface area contributed by atoms with Gasteiger partial charge in [-0.1, -0.05) is 0 Å². The van der Waals surface area contributed by atoms with E-state index >= 15 is 0 Å². The number of nitrogens with zero attached hydrogens (tertiary/aromatic N) is 2. The smallest absolute Gasteiger partial charge is 0.225 e. The van der Waals surface area contributed by atoms with Gasteiger partial charge in [-0.2, -0.15) is 0 Å². The summed E-state index contributed by atoms with van der Waals surface area (Å²) in [5, 5.41) is 2.73. The van der Waals surface area contributed by atoms with Crippen LogP contribution in [0.25, 0.3) is 0 Å². The number of imidazole rings is 1. The lowest BCUT2D eigenvalue weighted by atomic mass is 10.3. The summed E-state index contributed by atoms with van der Waals surface area (Å²) in [6.45, 7) is 2.58. The number of aromatic nitrogens is 2. The molecule has 4 nitrogen and oxygen atoms in total. The second kappa shape index (κ2) is 3.90. The topological polar surface area (TPSA) is 46.9 Å². The van der Waals surface area contributed by atoms with E-state index in [0.29, 0.717) is 13.0 Å².